The first-order chi connectivity index (χ1) is 11.3. The molecule has 0 bridgehead atoms. The Balaban J connectivity index is 2.02. The van der Waals surface area contributed by atoms with Crippen LogP contribution >= 0.6 is 0 Å². The van der Waals surface area contributed by atoms with Crippen molar-refractivity contribution in [2.24, 2.45) is 0 Å². The van der Waals surface area contributed by atoms with E-state index in [1.54, 1.807) is 6.92 Å². The molecule has 2 N–H and O–H groups in total. The third kappa shape index (κ3) is 4.58. The van der Waals surface area contributed by atoms with Gasteiger partial charge in [-0.1, -0.05) is 17.3 Å². The summed E-state index contributed by atoms with van der Waals surface area (Å²) in [7, 11) is 0. The molecule has 0 unspecified atom stereocenters. The van der Waals surface area contributed by atoms with Gasteiger partial charge in [0.2, 0.25) is 17.7 Å². The molecule has 2 rings (SSSR count). The van der Waals surface area contributed by atoms with Crippen molar-refractivity contribution in [2.75, 3.05) is 11.9 Å². The molecule has 6 nitrogen and oxygen atoms in total. The Bertz CT molecular complexity index is 724. The number of nitrogens with one attached hydrogen (secondary N) is 2. The minimum Gasteiger partial charge on any atom is -0.356 e. The van der Waals surface area contributed by atoms with Crippen molar-refractivity contribution in [2.45, 2.75) is 19.5 Å². The smallest absolute Gasteiger partial charge is 0.356 e. The van der Waals surface area contributed by atoms with Crippen LogP contribution in [0.3, 0.4) is 0 Å². The van der Waals surface area contributed by atoms with Gasteiger partial charge in [0.15, 0.2) is 0 Å². The zero-order valence-corrected chi connectivity index (χ0v) is 12.6. The lowest BCUT2D eigenvalue weighted by atomic mass is 10.1. The zero-order valence-electron chi connectivity index (χ0n) is 12.6. The van der Waals surface area contributed by atoms with Crippen molar-refractivity contribution in [1.82, 2.24) is 10.5 Å². The highest BCUT2D eigenvalue weighted by Crippen LogP contribution is 2.31. The van der Waals surface area contributed by atoms with Crippen molar-refractivity contribution in [3.63, 3.8) is 0 Å². The Hall–Kier alpha value is -2.84. The maximum atomic E-state index is 12.5. The highest BCUT2D eigenvalue weighted by atomic mass is 19.4. The zero-order chi connectivity index (χ0) is 17.7. The fourth-order valence-electron chi connectivity index (χ4n) is 1.89. The van der Waals surface area contributed by atoms with Gasteiger partial charge in [-0.2, -0.15) is 13.2 Å². The molecule has 0 saturated carbocycles. The highest BCUT2D eigenvalue weighted by molar-refractivity contribution is 6.03. The Kier molecular flexibility index (Phi) is 5.22. The summed E-state index contributed by atoms with van der Waals surface area (Å²) in [5, 5.41) is 8.50. The average molecular weight is 341 g/mol. The molecule has 1 heterocycles. The quantitative estimate of drug-likeness (QED) is 0.819. The number of hydrogen-bond donors (Lipinski definition) is 2. The van der Waals surface area contributed by atoms with Crippen molar-refractivity contribution >= 4 is 17.7 Å². The van der Waals surface area contributed by atoms with Gasteiger partial charge in [-0.25, -0.2) is 0 Å². The first-order valence-corrected chi connectivity index (χ1v) is 7.00. The number of carbonyl (C=O) groups is 2. The molecule has 9 heteroatoms. The van der Waals surface area contributed by atoms with Gasteiger partial charge in [0.1, 0.15) is 12.1 Å². The molecule has 0 saturated heterocycles. The van der Waals surface area contributed by atoms with Crippen LogP contribution in [0.25, 0.3) is 11.3 Å². The van der Waals surface area contributed by atoms with E-state index in [4.69, 9.17) is 4.52 Å². The SMILES string of the molecule is CCNC(=O)CC(=O)Nc1cc(-c2ccc(C(F)(F)F)cc2)no1. The van der Waals surface area contributed by atoms with Crippen LogP contribution in [-0.2, 0) is 15.8 Å². The average Bonchev–Trinajstić information content (AvgIpc) is 2.95. The maximum Gasteiger partial charge on any atom is 0.416 e. The molecule has 0 fully saturated rings. The molecule has 0 aliphatic heterocycles. The summed E-state index contributed by atoms with van der Waals surface area (Å²) in [6.45, 7) is 2.13. The molecular formula is C15H14F3N3O3. The first-order valence-electron chi connectivity index (χ1n) is 7.00. The van der Waals surface area contributed by atoms with Gasteiger partial charge >= 0.3 is 6.18 Å². The minimum absolute atomic E-state index is 0.000744. The van der Waals surface area contributed by atoms with Crippen molar-refractivity contribution in [3.8, 4) is 11.3 Å². The van der Waals surface area contributed by atoms with Crippen LogP contribution in [-0.4, -0.2) is 23.5 Å². The second-order valence-corrected chi connectivity index (χ2v) is 4.83. The Morgan fingerprint density at radius 1 is 1.17 bits per heavy atom. The van der Waals surface area contributed by atoms with Crippen molar-refractivity contribution in [3.05, 3.63) is 35.9 Å². The van der Waals surface area contributed by atoms with Gasteiger partial charge in [-0.3, -0.25) is 14.9 Å². The summed E-state index contributed by atoms with van der Waals surface area (Å²) in [6.07, 6.45) is -4.79. The van der Waals surface area contributed by atoms with E-state index in [9.17, 15) is 22.8 Å². The molecule has 2 amide bonds. The van der Waals surface area contributed by atoms with Gasteiger partial charge in [-0.15, -0.1) is 0 Å². The van der Waals surface area contributed by atoms with Gasteiger partial charge < -0.3 is 9.84 Å². The van der Waals surface area contributed by atoms with Crippen LogP contribution in [0.1, 0.15) is 18.9 Å². The first kappa shape index (κ1) is 17.5. The normalized spacial score (nSPS) is 11.2. The van der Waals surface area contributed by atoms with E-state index in [2.05, 4.69) is 15.8 Å². The maximum absolute atomic E-state index is 12.5. The molecule has 1 aromatic carbocycles. The second-order valence-electron chi connectivity index (χ2n) is 4.83. The van der Waals surface area contributed by atoms with Crippen LogP contribution < -0.4 is 10.6 Å². The summed E-state index contributed by atoms with van der Waals surface area (Å²) in [4.78, 5) is 22.9. The van der Waals surface area contributed by atoms with Crippen LogP contribution in [0.2, 0.25) is 0 Å². The number of nitrogens with zero attached hydrogens (tertiary/aromatic N) is 1. The Morgan fingerprint density at radius 3 is 2.42 bits per heavy atom. The van der Waals surface area contributed by atoms with Crippen molar-refractivity contribution in [1.29, 1.82) is 0 Å². The fraction of sp³-hybridized carbons (Fsp3) is 0.267. The standard InChI is InChI=1S/C15H14F3N3O3/c1-2-19-12(22)8-13(23)20-14-7-11(21-24-14)9-3-5-10(6-4-9)15(16,17)18/h3-7H,2,8H2,1H3,(H,19,22)(H,20,23). The molecule has 0 aliphatic rings. The molecule has 0 radical (unpaired) electrons. The van der Waals surface area contributed by atoms with Crippen LogP contribution in [0, 0.1) is 0 Å². The highest BCUT2D eigenvalue weighted by Gasteiger charge is 2.30. The van der Waals surface area contributed by atoms with E-state index in [-0.39, 0.29) is 18.0 Å². The molecule has 24 heavy (non-hydrogen) atoms. The Morgan fingerprint density at radius 2 is 1.83 bits per heavy atom. The van der Waals surface area contributed by atoms with E-state index in [1.165, 1.54) is 18.2 Å². The fourth-order valence-corrected chi connectivity index (χ4v) is 1.89. The van der Waals surface area contributed by atoms with Crippen molar-refractivity contribution < 1.29 is 27.3 Å². The third-order valence-corrected chi connectivity index (χ3v) is 2.98. The molecule has 128 valence electrons. The van der Waals surface area contributed by atoms with E-state index < -0.39 is 23.6 Å². The van der Waals surface area contributed by atoms with Crippen LogP contribution in [0.4, 0.5) is 19.1 Å². The predicted octanol–water partition coefficient (Wildman–Crippen LogP) is 2.83. The molecule has 0 aliphatic carbocycles. The molecule has 1 aromatic heterocycles. The number of benzene rings is 1. The lowest BCUT2D eigenvalue weighted by molar-refractivity contribution is -0.137. The largest absolute Gasteiger partial charge is 0.416 e. The lowest BCUT2D eigenvalue weighted by Gasteiger charge is -2.06. The number of anilines is 1. The lowest BCUT2D eigenvalue weighted by Crippen LogP contribution is -2.27. The number of halogens is 3. The molecule has 2 aromatic rings. The van der Waals surface area contributed by atoms with E-state index in [1.807, 2.05) is 0 Å². The monoisotopic (exact) mass is 341 g/mol. The van der Waals surface area contributed by atoms with E-state index in [0.29, 0.717) is 12.1 Å². The van der Waals surface area contributed by atoms with E-state index in [0.717, 1.165) is 12.1 Å². The topological polar surface area (TPSA) is 84.2 Å². The number of rotatable bonds is 5. The summed E-state index contributed by atoms with van der Waals surface area (Å²) in [5.74, 6) is -1.02. The number of alkyl halides is 3. The predicted molar refractivity (Wildman–Crippen MR) is 78.9 cm³/mol. The number of aromatic nitrogens is 1. The van der Waals surface area contributed by atoms with Crippen LogP contribution in [0.5, 0.6) is 0 Å². The number of carbonyl (C=O) groups excluding carboxylic acids is 2. The van der Waals surface area contributed by atoms with E-state index >= 15 is 0 Å². The summed E-state index contributed by atoms with van der Waals surface area (Å²) >= 11 is 0. The van der Waals surface area contributed by atoms with Crippen LogP contribution in [0.15, 0.2) is 34.9 Å². The summed E-state index contributed by atoms with van der Waals surface area (Å²) < 4.78 is 42.4. The third-order valence-electron chi connectivity index (χ3n) is 2.98. The summed E-state index contributed by atoms with van der Waals surface area (Å²) in [6, 6.07) is 5.72. The molecule has 0 atom stereocenters. The molecular weight excluding hydrogens is 327 g/mol. The number of hydrogen-bond acceptors (Lipinski definition) is 4. The number of amides is 2. The second kappa shape index (κ2) is 7.16. The van der Waals surface area contributed by atoms with Gasteiger partial charge in [0.25, 0.3) is 0 Å². The summed E-state index contributed by atoms with van der Waals surface area (Å²) in [5.41, 5.74) is -0.113. The Labute approximate surface area is 135 Å². The van der Waals surface area contributed by atoms with Gasteiger partial charge in [-0.05, 0) is 19.1 Å². The van der Waals surface area contributed by atoms with Gasteiger partial charge in [0.05, 0.1) is 5.56 Å². The molecule has 0 spiro atoms. The minimum atomic E-state index is -4.42. The van der Waals surface area contributed by atoms with Gasteiger partial charge in [0, 0.05) is 18.2 Å².